The highest BCUT2D eigenvalue weighted by Gasteiger charge is 2.34. The molecular formula is C23H24N4O2S. The van der Waals surface area contributed by atoms with E-state index in [2.05, 4.69) is 41.2 Å². The number of anilines is 1. The van der Waals surface area contributed by atoms with Gasteiger partial charge in [0, 0.05) is 18.1 Å². The monoisotopic (exact) mass is 420 g/mol. The number of carbonyl (C=O) groups excluding carboxylic acids is 1. The molecule has 0 radical (unpaired) electrons. The van der Waals surface area contributed by atoms with E-state index in [4.69, 9.17) is 4.74 Å². The summed E-state index contributed by atoms with van der Waals surface area (Å²) in [6.45, 7) is 7.89. The van der Waals surface area contributed by atoms with Crippen molar-refractivity contribution < 1.29 is 9.53 Å². The van der Waals surface area contributed by atoms with Gasteiger partial charge in [-0.25, -0.2) is 0 Å². The summed E-state index contributed by atoms with van der Waals surface area (Å²) in [7, 11) is 0. The normalized spacial score (nSPS) is 15.2. The van der Waals surface area contributed by atoms with E-state index in [1.807, 2.05) is 43.3 Å². The van der Waals surface area contributed by atoms with E-state index in [9.17, 15) is 4.79 Å². The van der Waals surface area contributed by atoms with Crippen LogP contribution in [-0.4, -0.2) is 26.8 Å². The summed E-state index contributed by atoms with van der Waals surface area (Å²) in [5.41, 5.74) is 4.15. The van der Waals surface area contributed by atoms with Crippen LogP contribution in [0.3, 0.4) is 0 Å². The lowest BCUT2D eigenvalue weighted by molar-refractivity contribution is -0.118. The number of nitrogens with zero attached hydrogens (tertiary/aromatic N) is 4. The van der Waals surface area contributed by atoms with Gasteiger partial charge in [-0.1, -0.05) is 75.0 Å². The molecular weight excluding hydrogens is 396 g/mol. The largest absolute Gasteiger partial charge is 0.447 e. The third-order valence-corrected chi connectivity index (χ3v) is 5.73. The molecule has 2 aromatic carbocycles. The van der Waals surface area contributed by atoms with Gasteiger partial charge in [0.1, 0.15) is 0 Å². The minimum Gasteiger partial charge on any atom is -0.447 e. The number of benzene rings is 2. The zero-order chi connectivity index (χ0) is 21.3. The third kappa shape index (κ3) is 3.77. The van der Waals surface area contributed by atoms with Gasteiger partial charge in [-0.2, -0.15) is 4.98 Å². The first-order valence-corrected chi connectivity index (χ1v) is 11.0. The molecule has 1 aromatic heterocycles. The zero-order valence-corrected chi connectivity index (χ0v) is 18.3. The molecule has 1 amide bonds. The van der Waals surface area contributed by atoms with E-state index in [1.54, 1.807) is 11.8 Å². The number of thioether (sulfide) groups is 1. The number of hydrogen-bond acceptors (Lipinski definition) is 6. The van der Waals surface area contributed by atoms with Crippen LogP contribution in [0.15, 0.2) is 53.7 Å². The van der Waals surface area contributed by atoms with E-state index in [0.717, 1.165) is 22.6 Å². The van der Waals surface area contributed by atoms with Crippen molar-refractivity contribution in [3.8, 4) is 17.1 Å². The first kappa shape index (κ1) is 20.3. The van der Waals surface area contributed by atoms with Crippen LogP contribution in [-0.2, 0) is 4.79 Å². The van der Waals surface area contributed by atoms with Gasteiger partial charge in [-0.3, -0.25) is 9.69 Å². The van der Waals surface area contributed by atoms with Crippen molar-refractivity contribution >= 4 is 23.4 Å². The smallest absolute Gasteiger partial charge is 0.247 e. The molecule has 0 bridgehead atoms. The maximum atomic E-state index is 12.8. The lowest BCUT2D eigenvalue weighted by atomic mass is 10.0. The van der Waals surface area contributed by atoms with Crippen molar-refractivity contribution in [2.24, 2.45) is 0 Å². The number of fused-ring (bicyclic) bond motifs is 3. The summed E-state index contributed by atoms with van der Waals surface area (Å²) in [5, 5.41) is 9.20. The van der Waals surface area contributed by atoms with Gasteiger partial charge in [0.15, 0.2) is 5.69 Å². The van der Waals surface area contributed by atoms with Crippen molar-refractivity contribution in [2.75, 3.05) is 10.7 Å². The van der Waals surface area contributed by atoms with E-state index in [1.165, 1.54) is 17.3 Å². The number of carbonyl (C=O) groups is 1. The lowest BCUT2D eigenvalue weighted by Crippen LogP contribution is -2.36. The van der Waals surface area contributed by atoms with E-state index in [-0.39, 0.29) is 5.91 Å². The number of rotatable bonds is 4. The highest BCUT2D eigenvalue weighted by molar-refractivity contribution is 7.99. The van der Waals surface area contributed by atoms with Gasteiger partial charge < -0.3 is 4.74 Å². The number of amides is 1. The van der Waals surface area contributed by atoms with Crippen LogP contribution in [0, 0.1) is 0 Å². The van der Waals surface area contributed by atoms with Crippen molar-refractivity contribution in [3.05, 3.63) is 59.7 Å². The fraction of sp³-hybridized carbons (Fsp3) is 0.304. The second-order valence-corrected chi connectivity index (χ2v) is 8.61. The zero-order valence-electron chi connectivity index (χ0n) is 17.5. The van der Waals surface area contributed by atoms with Crippen molar-refractivity contribution in [2.45, 2.75) is 45.0 Å². The first-order chi connectivity index (χ1) is 14.5. The average molecular weight is 421 g/mol. The Hall–Kier alpha value is -2.93. The molecule has 0 saturated carbocycles. The molecule has 30 heavy (non-hydrogen) atoms. The Bertz CT molecular complexity index is 1070. The van der Waals surface area contributed by atoms with Gasteiger partial charge in [0.2, 0.25) is 23.2 Å². The van der Waals surface area contributed by atoms with Crippen LogP contribution in [0.25, 0.3) is 11.3 Å². The first-order valence-electron chi connectivity index (χ1n) is 10.0. The quantitative estimate of drug-likeness (QED) is 0.539. The highest BCUT2D eigenvalue weighted by Crippen LogP contribution is 2.43. The van der Waals surface area contributed by atoms with Gasteiger partial charge in [0.25, 0.3) is 0 Å². The molecule has 3 aromatic rings. The van der Waals surface area contributed by atoms with Crippen molar-refractivity contribution in [1.29, 1.82) is 0 Å². The minimum atomic E-state index is -0.651. The van der Waals surface area contributed by atoms with Gasteiger partial charge in [0.05, 0.1) is 5.69 Å². The second kappa shape index (κ2) is 8.44. The standard InChI is InChI=1S/C23H24N4O2S/c1-5-30-23-24-21-20(25-26-23)18-8-6-7-9-19(18)27(15(4)28)22(29-21)17-12-10-16(11-13-17)14(2)3/h6-14,22H,5H2,1-4H3/t22-/m1/s1. The molecule has 154 valence electrons. The Kier molecular flexibility index (Phi) is 5.72. The fourth-order valence-corrected chi connectivity index (χ4v) is 4.01. The molecule has 1 aliphatic heterocycles. The number of hydrogen-bond donors (Lipinski definition) is 0. The topological polar surface area (TPSA) is 68.2 Å². The molecule has 4 rings (SSSR count). The van der Waals surface area contributed by atoms with Gasteiger partial charge in [-0.05, 0) is 23.3 Å². The fourth-order valence-electron chi connectivity index (χ4n) is 3.51. The van der Waals surface area contributed by atoms with Gasteiger partial charge in [-0.15, -0.1) is 10.2 Å². The second-order valence-electron chi connectivity index (χ2n) is 7.38. The molecule has 2 heterocycles. The Morgan fingerprint density at radius 3 is 2.53 bits per heavy atom. The summed E-state index contributed by atoms with van der Waals surface area (Å²) in [5.74, 6) is 1.51. The predicted molar refractivity (Wildman–Crippen MR) is 119 cm³/mol. The molecule has 0 spiro atoms. The minimum absolute atomic E-state index is 0.121. The number of aromatic nitrogens is 3. The Labute approximate surface area is 180 Å². The van der Waals surface area contributed by atoms with Crippen molar-refractivity contribution in [1.82, 2.24) is 15.2 Å². The summed E-state index contributed by atoms with van der Waals surface area (Å²) < 4.78 is 6.36. The Balaban J connectivity index is 1.89. The molecule has 0 N–H and O–H groups in total. The predicted octanol–water partition coefficient (Wildman–Crippen LogP) is 5.22. The molecule has 0 unspecified atom stereocenters. The lowest BCUT2D eigenvalue weighted by Gasteiger charge is -2.30. The molecule has 7 heteroatoms. The molecule has 0 fully saturated rings. The molecule has 1 aliphatic rings. The van der Waals surface area contributed by atoms with Crippen LogP contribution < -0.4 is 9.64 Å². The Morgan fingerprint density at radius 2 is 1.87 bits per heavy atom. The molecule has 6 nitrogen and oxygen atoms in total. The average Bonchev–Trinajstić information content (AvgIpc) is 2.88. The summed E-state index contributed by atoms with van der Waals surface area (Å²) >= 11 is 1.50. The van der Waals surface area contributed by atoms with Crippen LogP contribution in [0.1, 0.15) is 51.0 Å². The maximum Gasteiger partial charge on any atom is 0.247 e. The molecule has 0 saturated heterocycles. The number of ether oxygens (including phenoxy) is 1. The number of para-hydroxylation sites is 1. The van der Waals surface area contributed by atoms with Crippen LogP contribution >= 0.6 is 11.8 Å². The van der Waals surface area contributed by atoms with Crippen LogP contribution in [0.2, 0.25) is 0 Å². The summed E-state index contributed by atoms with van der Waals surface area (Å²) in [6.07, 6.45) is -0.651. The van der Waals surface area contributed by atoms with E-state index < -0.39 is 6.23 Å². The molecule has 1 atom stereocenters. The summed E-state index contributed by atoms with van der Waals surface area (Å²) in [6, 6.07) is 15.8. The van der Waals surface area contributed by atoms with Crippen LogP contribution in [0.4, 0.5) is 5.69 Å². The third-order valence-electron chi connectivity index (χ3n) is 5.01. The van der Waals surface area contributed by atoms with E-state index >= 15 is 0 Å². The Morgan fingerprint density at radius 1 is 1.13 bits per heavy atom. The molecule has 0 aliphatic carbocycles. The van der Waals surface area contributed by atoms with E-state index in [0.29, 0.717) is 22.6 Å². The van der Waals surface area contributed by atoms with Crippen molar-refractivity contribution in [3.63, 3.8) is 0 Å². The van der Waals surface area contributed by atoms with Gasteiger partial charge >= 0.3 is 0 Å². The van der Waals surface area contributed by atoms with Crippen LogP contribution in [0.5, 0.6) is 5.88 Å². The summed E-state index contributed by atoms with van der Waals surface area (Å²) in [4.78, 5) is 19.0. The SMILES string of the molecule is CCSc1nnc2c(n1)O[C@H](c1ccc(C(C)C)cc1)N(C(C)=O)c1ccccc1-2. The highest BCUT2D eigenvalue weighted by atomic mass is 32.2. The maximum absolute atomic E-state index is 12.8.